The largest absolute Gasteiger partial charge is 0.384 e. The Balaban J connectivity index is 1.30. The molecule has 0 aliphatic rings. The maximum atomic E-state index is 13.3. The van der Waals surface area contributed by atoms with E-state index in [1.54, 1.807) is 25.3 Å². The van der Waals surface area contributed by atoms with Gasteiger partial charge >= 0.3 is 0 Å². The smallest absolute Gasteiger partial charge is 0.255 e. The number of anilines is 2. The summed E-state index contributed by atoms with van der Waals surface area (Å²) in [4.78, 5) is 21.7. The molecule has 5 N–H and O–H groups in total. The number of pyridine rings is 2. The second kappa shape index (κ2) is 10.4. The molecule has 10 heteroatoms. The molecule has 0 bridgehead atoms. The molecule has 1 unspecified atom stereocenters. The van der Waals surface area contributed by atoms with E-state index >= 15 is 0 Å². The Morgan fingerprint density at radius 3 is 2.58 bits per heavy atom. The number of carbonyl (C=O) groups excluding carboxylic acids is 1. The van der Waals surface area contributed by atoms with Crippen LogP contribution in [0.15, 0.2) is 73.1 Å². The van der Waals surface area contributed by atoms with Gasteiger partial charge in [-0.15, -0.1) is 0 Å². The summed E-state index contributed by atoms with van der Waals surface area (Å²) < 4.78 is 13.3. The highest BCUT2D eigenvalue weighted by Gasteiger charge is 2.17. The van der Waals surface area contributed by atoms with Crippen molar-refractivity contribution in [3.8, 4) is 17.2 Å². The number of halogens is 1. The van der Waals surface area contributed by atoms with E-state index in [0.717, 1.165) is 27.6 Å². The van der Waals surface area contributed by atoms with Crippen LogP contribution in [0.1, 0.15) is 40.0 Å². The summed E-state index contributed by atoms with van der Waals surface area (Å²) in [5.74, 6) is 0.0720. The molecule has 0 saturated heterocycles. The molecular formula is C28H23FN8O. The van der Waals surface area contributed by atoms with Crippen LogP contribution in [-0.2, 0) is 6.54 Å². The van der Waals surface area contributed by atoms with Crippen LogP contribution in [0.2, 0.25) is 0 Å². The maximum absolute atomic E-state index is 13.3. The Kier molecular flexibility index (Phi) is 6.65. The molecule has 0 saturated carbocycles. The fourth-order valence-corrected chi connectivity index (χ4v) is 4.03. The van der Waals surface area contributed by atoms with Gasteiger partial charge in [-0.2, -0.15) is 10.4 Å². The van der Waals surface area contributed by atoms with Crippen LogP contribution in [-0.4, -0.2) is 26.1 Å². The number of carbonyl (C=O) groups is 1. The van der Waals surface area contributed by atoms with Gasteiger partial charge in [-0.1, -0.05) is 36.4 Å². The SMILES string of the molecule is CC(NC(=O)c1cc(C#N)cnc1NCc1ccc(-c2cnc3n[nH]c(N)c3c2)cc1)c1ccc(F)cc1. The minimum Gasteiger partial charge on any atom is -0.384 e. The van der Waals surface area contributed by atoms with Gasteiger partial charge in [0.15, 0.2) is 5.65 Å². The summed E-state index contributed by atoms with van der Waals surface area (Å²) in [6.45, 7) is 2.20. The van der Waals surface area contributed by atoms with Gasteiger partial charge in [0.2, 0.25) is 0 Å². The molecule has 0 fully saturated rings. The number of aromatic nitrogens is 4. The van der Waals surface area contributed by atoms with Crippen molar-refractivity contribution in [1.29, 1.82) is 5.26 Å². The van der Waals surface area contributed by atoms with Crippen molar-refractivity contribution in [3.05, 3.63) is 101 Å². The zero-order chi connectivity index (χ0) is 26.6. The lowest BCUT2D eigenvalue weighted by Gasteiger charge is -2.16. The van der Waals surface area contributed by atoms with Crippen LogP contribution in [0.3, 0.4) is 0 Å². The normalized spacial score (nSPS) is 11.6. The number of hydrogen-bond donors (Lipinski definition) is 4. The molecule has 3 aromatic heterocycles. The van der Waals surface area contributed by atoms with Crippen molar-refractivity contribution >= 4 is 28.6 Å². The first-order valence-corrected chi connectivity index (χ1v) is 11.8. The monoisotopic (exact) mass is 506 g/mol. The highest BCUT2D eigenvalue weighted by Crippen LogP contribution is 2.25. The second-order valence-electron chi connectivity index (χ2n) is 8.76. The van der Waals surface area contributed by atoms with Gasteiger partial charge < -0.3 is 16.4 Å². The third-order valence-corrected chi connectivity index (χ3v) is 6.17. The third kappa shape index (κ3) is 5.12. The van der Waals surface area contributed by atoms with Crippen LogP contribution >= 0.6 is 0 Å². The number of nitriles is 1. The van der Waals surface area contributed by atoms with Crippen LogP contribution in [0, 0.1) is 17.1 Å². The van der Waals surface area contributed by atoms with E-state index in [9.17, 15) is 14.4 Å². The van der Waals surface area contributed by atoms with Gasteiger partial charge in [0, 0.05) is 24.5 Å². The predicted octanol–water partition coefficient (Wildman–Crippen LogP) is 4.72. The maximum Gasteiger partial charge on any atom is 0.255 e. The number of rotatable bonds is 7. The fraction of sp³-hybridized carbons (Fsp3) is 0.107. The molecule has 0 radical (unpaired) electrons. The average Bonchev–Trinajstić information content (AvgIpc) is 3.32. The minimum absolute atomic E-state index is 0.242. The number of H-pyrrole nitrogens is 1. The van der Waals surface area contributed by atoms with E-state index in [4.69, 9.17) is 5.73 Å². The molecule has 9 nitrogen and oxygen atoms in total. The summed E-state index contributed by atoms with van der Waals surface area (Å²) in [5, 5.41) is 22.9. The van der Waals surface area contributed by atoms with Gasteiger partial charge in [0.1, 0.15) is 23.5 Å². The second-order valence-corrected chi connectivity index (χ2v) is 8.76. The van der Waals surface area contributed by atoms with Crippen molar-refractivity contribution in [2.45, 2.75) is 19.5 Å². The van der Waals surface area contributed by atoms with Crippen LogP contribution < -0.4 is 16.4 Å². The van der Waals surface area contributed by atoms with Gasteiger partial charge in [-0.05, 0) is 47.9 Å². The molecule has 5 rings (SSSR count). The summed E-state index contributed by atoms with van der Waals surface area (Å²) in [6, 6.07) is 18.9. The molecule has 2 aromatic carbocycles. The van der Waals surface area contributed by atoms with Gasteiger partial charge in [-0.25, -0.2) is 14.4 Å². The lowest BCUT2D eigenvalue weighted by Crippen LogP contribution is -2.28. The Hall–Kier alpha value is -5.30. The Morgan fingerprint density at radius 2 is 1.84 bits per heavy atom. The van der Waals surface area contributed by atoms with Crippen LogP contribution in [0.5, 0.6) is 0 Å². The first kappa shape index (κ1) is 24.4. The van der Waals surface area contributed by atoms with Gasteiger partial charge in [0.25, 0.3) is 5.91 Å². The molecule has 3 heterocycles. The fourth-order valence-electron chi connectivity index (χ4n) is 4.03. The number of nitrogen functional groups attached to an aromatic ring is 1. The molecule has 0 aliphatic heterocycles. The standard InChI is InChI=1S/C28H23FN8O/c1-16(19-6-8-22(29)9-7-19)35-28(38)24-10-18(12-30)14-33-26(24)32-13-17-2-4-20(5-3-17)21-11-23-25(31)36-37-27(23)34-15-21/h2-11,14-16H,13H2,1H3,(H,32,33)(H,35,38)(H3,31,34,36,37). The molecule has 0 spiro atoms. The summed E-state index contributed by atoms with van der Waals surface area (Å²) >= 11 is 0. The van der Waals surface area contributed by atoms with E-state index in [0.29, 0.717) is 23.8 Å². The quantitative estimate of drug-likeness (QED) is 0.250. The highest BCUT2D eigenvalue weighted by atomic mass is 19.1. The van der Waals surface area contributed by atoms with E-state index in [1.807, 2.05) is 36.4 Å². The van der Waals surface area contributed by atoms with Crippen molar-refractivity contribution in [2.75, 3.05) is 11.1 Å². The highest BCUT2D eigenvalue weighted by molar-refractivity contribution is 5.99. The lowest BCUT2D eigenvalue weighted by atomic mass is 10.0. The molecular weight excluding hydrogens is 483 g/mol. The van der Waals surface area contributed by atoms with E-state index in [1.165, 1.54) is 24.4 Å². The lowest BCUT2D eigenvalue weighted by molar-refractivity contribution is 0.0940. The van der Waals surface area contributed by atoms with Crippen molar-refractivity contribution in [2.24, 2.45) is 0 Å². The average molecular weight is 507 g/mol. The number of nitrogens with zero attached hydrogens (tertiary/aromatic N) is 4. The first-order chi connectivity index (χ1) is 18.4. The Morgan fingerprint density at radius 1 is 1.08 bits per heavy atom. The number of aromatic amines is 1. The van der Waals surface area contributed by atoms with Crippen LogP contribution in [0.25, 0.3) is 22.2 Å². The summed E-state index contributed by atoms with van der Waals surface area (Å²) in [7, 11) is 0. The van der Waals surface area contributed by atoms with E-state index in [-0.39, 0.29) is 23.0 Å². The van der Waals surface area contributed by atoms with Crippen molar-refractivity contribution < 1.29 is 9.18 Å². The summed E-state index contributed by atoms with van der Waals surface area (Å²) in [6.07, 6.45) is 3.16. The topological polar surface area (TPSA) is 145 Å². The Bertz CT molecular complexity index is 1660. The molecule has 1 atom stereocenters. The van der Waals surface area contributed by atoms with E-state index in [2.05, 4.69) is 30.8 Å². The minimum atomic E-state index is -0.398. The number of nitrogens with one attached hydrogen (secondary N) is 3. The van der Waals surface area contributed by atoms with E-state index < -0.39 is 5.91 Å². The predicted molar refractivity (Wildman–Crippen MR) is 142 cm³/mol. The number of nitrogens with two attached hydrogens (primary N) is 1. The third-order valence-electron chi connectivity index (χ3n) is 6.17. The molecule has 0 aliphatic carbocycles. The Labute approximate surface area is 217 Å². The molecule has 38 heavy (non-hydrogen) atoms. The zero-order valence-electron chi connectivity index (χ0n) is 20.4. The van der Waals surface area contributed by atoms with Crippen LogP contribution in [0.4, 0.5) is 16.0 Å². The number of hydrogen-bond acceptors (Lipinski definition) is 7. The first-order valence-electron chi connectivity index (χ1n) is 11.8. The zero-order valence-corrected chi connectivity index (χ0v) is 20.4. The molecule has 188 valence electrons. The molecule has 5 aromatic rings. The number of fused-ring (bicyclic) bond motifs is 1. The van der Waals surface area contributed by atoms with Gasteiger partial charge in [0.05, 0.1) is 22.6 Å². The van der Waals surface area contributed by atoms with Crippen molar-refractivity contribution in [3.63, 3.8) is 0 Å². The van der Waals surface area contributed by atoms with Gasteiger partial charge in [-0.3, -0.25) is 9.89 Å². The number of amides is 1. The molecule has 1 amide bonds. The summed E-state index contributed by atoms with van der Waals surface area (Å²) in [5.41, 5.74) is 10.6. The van der Waals surface area contributed by atoms with Crippen molar-refractivity contribution in [1.82, 2.24) is 25.5 Å². The number of benzene rings is 2.